The average molecular weight is 250 g/mol. The average Bonchev–Trinajstić information content (AvgIpc) is 2.32. The number of hydrogen-bond donors (Lipinski definition) is 1. The van der Waals surface area contributed by atoms with Crippen molar-refractivity contribution in [2.75, 3.05) is 0 Å². The zero-order valence-electron chi connectivity index (χ0n) is 11.3. The van der Waals surface area contributed by atoms with Crippen molar-refractivity contribution in [1.82, 2.24) is 0 Å². The first-order valence-corrected chi connectivity index (χ1v) is 6.95. The molecule has 1 aliphatic rings. The first-order chi connectivity index (χ1) is 8.49. The molecule has 18 heavy (non-hydrogen) atoms. The molecule has 1 N–H and O–H groups in total. The second-order valence-electron chi connectivity index (χ2n) is 6.09. The molecule has 1 fully saturated rings. The minimum absolute atomic E-state index is 0.207. The van der Waals surface area contributed by atoms with Gasteiger partial charge < -0.3 is 5.11 Å². The van der Waals surface area contributed by atoms with Gasteiger partial charge in [0.15, 0.2) is 0 Å². The molecule has 1 nitrogen and oxygen atoms in total. The summed E-state index contributed by atoms with van der Waals surface area (Å²) in [6, 6.07) is 6.76. The highest BCUT2D eigenvalue weighted by molar-refractivity contribution is 5.19. The smallest absolute Gasteiger partial charge is 0.126 e. The summed E-state index contributed by atoms with van der Waals surface area (Å²) in [5, 5.41) is 10.7. The van der Waals surface area contributed by atoms with Crippen molar-refractivity contribution < 1.29 is 9.50 Å². The molecule has 1 aromatic carbocycles. The Bertz CT molecular complexity index is 400. The van der Waals surface area contributed by atoms with E-state index >= 15 is 0 Å². The lowest BCUT2D eigenvalue weighted by Gasteiger charge is -2.38. The van der Waals surface area contributed by atoms with Crippen LogP contribution in [0, 0.1) is 17.7 Å². The van der Waals surface area contributed by atoms with E-state index in [-0.39, 0.29) is 5.82 Å². The molecule has 0 radical (unpaired) electrons. The van der Waals surface area contributed by atoms with Gasteiger partial charge in [-0.05, 0) is 43.2 Å². The Balaban J connectivity index is 2.09. The van der Waals surface area contributed by atoms with Crippen LogP contribution in [0.5, 0.6) is 0 Å². The van der Waals surface area contributed by atoms with Gasteiger partial charge in [-0.25, -0.2) is 4.39 Å². The Hall–Kier alpha value is -0.890. The number of rotatable bonds is 3. The van der Waals surface area contributed by atoms with Crippen molar-refractivity contribution in [1.29, 1.82) is 0 Å². The van der Waals surface area contributed by atoms with Crippen molar-refractivity contribution in [3.05, 3.63) is 35.6 Å². The Morgan fingerprint density at radius 3 is 2.72 bits per heavy atom. The lowest BCUT2D eigenvalue weighted by molar-refractivity contribution is -0.0243. The lowest BCUT2D eigenvalue weighted by Crippen LogP contribution is -2.39. The first kappa shape index (κ1) is 13.5. The van der Waals surface area contributed by atoms with Crippen molar-refractivity contribution >= 4 is 0 Å². The van der Waals surface area contributed by atoms with E-state index in [9.17, 15) is 9.50 Å². The van der Waals surface area contributed by atoms with Gasteiger partial charge >= 0.3 is 0 Å². The summed E-state index contributed by atoms with van der Waals surface area (Å²) in [6.45, 7) is 4.10. The van der Waals surface area contributed by atoms with E-state index < -0.39 is 5.60 Å². The largest absolute Gasteiger partial charge is 0.390 e. The summed E-state index contributed by atoms with van der Waals surface area (Å²) < 4.78 is 13.7. The Kier molecular flexibility index (Phi) is 4.06. The van der Waals surface area contributed by atoms with Crippen molar-refractivity contribution in [2.24, 2.45) is 11.8 Å². The molecule has 0 saturated heterocycles. The van der Waals surface area contributed by atoms with Gasteiger partial charge in [0.25, 0.3) is 0 Å². The molecule has 0 bridgehead atoms. The van der Waals surface area contributed by atoms with Crippen LogP contribution in [0.1, 0.15) is 45.1 Å². The highest BCUT2D eigenvalue weighted by Crippen LogP contribution is 2.37. The molecule has 2 rings (SSSR count). The number of hydrogen-bond acceptors (Lipinski definition) is 1. The van der Waals surface area contributed by atoms with Crippen LogP contribution in [0.2, 0.25) is 0 Å². The molecule has 0 aliphatic heterocycles. The van der Waals surface area contributed by atoms with E-state index in [1.165, 1.54) is 18.9 Å². The molecular weight excluding hydrogens is 227 g/mol. The molecule has 3 atom stereocenters. The molecule has 1 saturated carbocycles. The Morgan fingerprint density at radius 2 is 2.06 bits per heavy atom. The zero-order valence-corrected chi connectivity index (χ0v) is 11.3. The van der Waals surface area contributed by atoms with Gasteiger partial charge in [-0.1, -0.05) is 38.0 Å². The Morgan fingerprint density at radius 1 is 1.33 bits per heavy atom. The molecule has 1 aromatic rings. The van der Waals surface area contributed by atoms with Gasteiger partial charge in [-0.2, -0.15) is 0 Å². The second kappa shape index (κ2) is 5.40. The molecule has 0 aromatic heterocycles. The predicted molar refractivity (Wildman–Crippen MR) is 71.8 cm³/mol. The predicted octanol–water partition coefficient (Wildman–Crippen LogP) is 3.95. The third kappa shape index (κ3) is 3.11. The van der Waals surface area contributed by atoms with Crippen molar-refractivity contribution in [3.8, 4) is 0 Å². The minimum atomic E-state index is -0.795. The topological polar surface area (TPSA) is 20.2 Å². The summed E-state index contributed by atoms with van der Waals surface area (Å²) in [7, 11) is 0. The molecule has 0 spiro atoms. The highest BCUT2D eigenvalue weighted by atomic mass is 19.1. The number of benzene rings is 1. The van der Waals surface area contributed by atoms with Crippen LogP contribution >= 0.6 is 0 Å². The third-order valence-electron chi connectivity index (χ3n) is 4.32. The standard InChI is InChI=1S/C16H23FO/c1-12-6-5-8-14(10-12)16(2,18)11-13-7-3-4-9-15(13)17/h3-4,7,9,12,14,18H,5-6,8,10-11H2,1-2H3. The molecular formula is C16H23FO. The maximum absolute atomic E-state index is 13.7. The summed E-state index contributed by atoms with van der Waals surface area (Å²) in [5.74, 6) is 0.762. The van der Waals surface area contributed by atoms with Crippen LogP contribution in [-0.4, -0.2) is 10.7 Å². The summed E-state index contributed by atoms with van der Waals surface area (Å²) in [4.78, 5) is 0. The van der Waals surface area contributed by atoms with Gasteiger partial charge in [-0.15, -0.1) is 0 Å². The maximum atomic E-state index is 13.7. The van der Waals surface area contributed by atoms with Gasteiger partial charge in [0, 0.05) is 6.42 Å². The van der Waals surface area contributed by atoms with Gasteiger partial charge in [0.1, 0.15) is 5.82 Å². The molecule has 0 heterocycles. The second-order valence-corrected chi connectivity index (χ2v) is 6.09. The van der Waals surface area contributed by atoms with E-state index in [1.807, 2.05) is 13.0 Å². The fourth-order valence-electron chi connectivity index (χ4n) is 3.17. The zero-order chi connectivity index (χ0) is 13.2. The normalized spacial score (nSPS) is 27.8. The monoisotopic (exact) mass is 250 g/mol. The van der Waals surface area contributed by atoms with Crippen LogP contribution in [-0.2, 0) is 6.42 Å². The summed E-state index contributed by atoms with van der Waals surface area (Å²) >= 11 is 0. The minimum Gasteiger partial charge on any atom is -0.390 e. The van der Waals surface area contributed by atoms with Crippen molar-refractivity contribution in [3.63, 3.8) is 0 Å². The summed E-state index contributed by atoms with van der Waals surface area (Å²) in [5.41, 5.74) is -0.169. The molecule has 100 valence electrons. The third-order valence-corrected chi connectivity index (χ3v) is 4.32. The number of halogens is 1. The van der Waals surface area contributed by atoms with E-state index in [2.05, 4.69) is 6.92 Å². The van der Waals surface area contributed by atoms with Crippen LogP contribution in [0.4, 0.5) is 4.39 Å². The summed E-state index contributed by atoms with van der Waals surface area (Å²) in [6.07, 6.45) is 4.97. The van der Waals surface area contributed by atoms with E-state index in [0.717, 1.165) is 12.8 Å². The lowest BCUT2D eigenvalue weighted by atomic mass is 9.72. The molecule has 2 heteroatoms. The van der Waals surface area contributed by atoms with Crippen LogP contribution < -0.4 is 0 Å². The molecule has 3 unspecified atom stereocenters. The SMILES string of the molecule is CC1CCCC(C(C)(O)Cc2ccccc2F)C1. The van der Waals surface area contributed by atoms with Crippen LogP contribution in [0.3, 0.4) is 0 Å². The van der Waals surface area contributed by atoms with Gasteiger partial charge in [-0.3, -0.25) is 0 Å². The fraction of sp³-hybridized carbons (Fsp3) is 0.625. The number of aliphatic hydroxyl groups is 1. The maximum Gasteiger partial charge on any atom is 0.126 e. The van der Waals surface area contributed by atoms with Gasteiger partial charge in [0.05, 0.1) is 5.60 Å². The molecule has 1 aliphatic carbocycles. The van der Waals surface area contributed by atoms with Crippen molar-refractivity contribution in [2.45, 2.75) is 51.6 Å². The highest BCUT2D eigenvalue weighted by Gasteiger charge is 2.35. The van der Waals surface area contributed by atoms with Crippen LogP contribution in [0.25, 0.3) is 0 Å². The van der Waals surface area contributed by atoms with Crippen LogP contribution in [0.15, 0.2) is 24.3 Å². The van der Waals surface area contributed by atoms with Gasteiger partial charge in [0.2, 0.25) is 0 Å². The van der Waals surface area contributed by atoms with E-state index in [1.54, 1.807) is 12.1 Å². The Labute approximate surface area is 109 Å². The first-order valence-electron chi connectivity index (χ1n) is 6.95. The quantitative estimate of drug-likeness (QED) is 0.861. The van der Waals surface area contributed by atoms with E-state index in [4.69, 9.17) is 0 Å². The van der Waals surface area contributed by atoms with E-state index in [0.29, 0.717) is 23.8 Å². The fourth-order valence-corrected chi connectivity index (χ4v) is 3.17. The molecule has 0 amide bonds.